The second-order valence-electron chi connectivity index (χ2n) is 4.84. The van der Waals surface area contributed by atoms with Crippen molar-refractivity contribution in [2.75, 3.05) is 25.5 Å². The number of nitrogens with zero attached hydrogens (tertiary/aromatic N) is 2. The maximum Gasteiger partial charge on any atom is 0.0370 e. The fraction of sp³-hybridized carbons (Fsp3) is 0.312. The lowest BCUT2D eigenvalue weighted by Gasteiger charge is -2.17. The number of hydrogen-bond acceptors (Lipinski definition) is 3. The maximum absolute atomic E-state index is 4.13. The molecule has 3 nitrogen and oxygen atoms in total. The van der Waals surface area contributed by atoms with Crippen molar-refractivity contribution >= 4 is 5.69 Å². The highest BCUT2D eigenvalue weighted by Gasteiger charge is 2.01. The quantitative estimate of drug-likeness (QED) is 0.860. The van der Waals surface area contributed by atoms with Crippen molar-refractivity contribution in [3.8, 4) is 0 Å². The van der Waals surface area contributed by atoms with Crippen LogP contribution in [0.15, 0.2) is 48.8 Å². The largest absolute Gasteiger partial charge is 0.384 e. The molecule has 0 fully saturated rings. The Labute approximate surface area is 115 Å². The summed E-state index contributed by atoms with van der Waals surface area (Å²) < 4.78 is 0. The van der Waals surface area contributed by atoms with Gasteiger partial charge in [0, 0.05) is 37.7 Å². The molecular weight excluding hydrogens is 234 g/mol. The van der Waals surface area contributed by atoms with Gasteiger partial charge in [0.05, 0.1) is 0 Å². The van der Waals surface area contributed by atoms with Gasteiger partial charge >= 0.3 is 0 Å². The Balaban J connectivity index is 1.75. The number of likely N-dealkylation sites (N-methyl/N-ethyl adjacent to an activating group) is 1. The van der Waals surface area contributed by atoms with E-state index in [0.29, 0.717) is 0 Å². The van der Waals surface area contributed by atoms with Crippen LogP contribution in [0.1, 0.15) is 11.1 Å². The fourth-order valence-electron chi connectivity index (χ4n) is 2.04. The molecule has 0 bridgehead atoms. The molecule has 19 heavy (non-hydrogen) atoms. The molecule has 0 spiro atoms. The molecule has 1 aromatic heterocycles. The van der Waals surface area contributed by atoms with E-state index < -0.39 is 0 Å². The molecule has 100 valence electrons. The number of para-hydroxylation sites is 1. The minimum absolute atomic E-state index is 0.934. The summed E-state index contributed by atoms with van der Waals surface area (Å²) in [5.41, 5.74) is 3.76. The average molecular weight is 255 g/mol. The summed E-state index contributed by atoms with van der Waals surface area (Å²) in [4.78, 5) is 6.43. The van der Waals surface area contributed by atoms with E-state index in [1.54, 1.807) is 0 Å². The molecular formula is C16H21N3. The second kappa shape index (κ2) is 6.90. The van der Waals surface area contributed by atoms with Crippen LogP contribution in [0.3, 0.4) is 0 Å². The van der Waals surface area contributed by atoms with Crippen LogP contribution in [-0.2, 0) is 6.54 Å². The molecule has 0 amide bonds. The normalized spacial score (nSPS) is 10.7. The maximum atomic E-state index is 4.13. The van der Waals surface area contributed by atoms with Crippen LogP contribution >= 0.6 is 0 Å². The predicted octanol–water partition coefficient (Wildman–Crippen LogP) is 2.93. The van der Waals surface area contributed by atoms with Crippen molar-refractivity contribution in [2.24, 2.45) is 0 Å². The van der Waals surface area contributed by atoms with E-state index in [1.807, 2.05) is 18.5 Å². The summed E-state index contributed by atoms with van der Waals surface area (Å²) in [7, 11) is 2.13. The van der Waals surface area contributed by atoms with Crippen LogP contribution < -0.4 is 5.32 Å². The molecule has 0 aliphatic carbocycles. The monoisotopic (exact) mass is 255 g/mol. The zero-order chi connectivity index (χ0) is 13.5. The van der Waals surface area contributed by atoms with Crippen molar-refractivity contribution in [1.29, 1.82) is 0 Å². The predicted molar refractivity (Wildman–Crippen MR) is 80.2 cm³/mol. The van der Waals surface area contributed by atoms with E-state index in [-0.39, 0.29) is 0 Å². The average Bonchev–Trinajstić information content (AvgIpc) is 2.42. The van der Waals surface area contributed by atoms with E-state index in [9.17, 15) is 0 Å². The molecule has 1 N–H and O–H groups in total. The first kappa shape index (κ1) is 13.6. The number of nitrogens with one attached hydrogen (secondary N) is 1. The highest BCUT2D eigenvalue weighted by atomic mass is 15.1. The van der Waals surface area contributed by atoms with Crippen LogP contribution in [0.2, 0.25) is 0 Å². The van der Waals surface area contributed by atoms with Gasteiger partial charge in [0.2, 0.25) is 0 Å². The number of hydrogen-bond donors (Lipinski definition) is 1. The van der Waals surface area contributed by atoms with Crippen LogP contribution in [0.25, 0.3) is 0 Å². The van der Waals surface area contributed by atoms with Crippen LogP contribution in [0.5, 0.6) is 0 Å². The van der Waals surface area contributed by atoms with Gasteiger partial charge in [-0.15, -0.1) is 0 Å². The Hall–Kier alpha value is -1.87. The molecule has 0 aliphatic heterocycles. The lowest BCUT2D eigenvalue weighted by molar-refractivity contribution is 0.339. The smallest absolute Gasteiger partial charge is 0.0370 e. The van der Waals surface area contributed by atoms with Gasteiger partial charge in [-0.1, -0.05) is 24.3 Å². The lowest BCUT2D eigenvalue weighted by atomic mass is 10.2. The molecule has 0 saturated heterocycles. The van der Waals surface area contributed by atoms with Gasteiger partial charge in [0.15, 0.2) is 0 Å². The Morgan fingerprint density at radius 1 is 1.16 bits per heavy atom. The van der Waals surface area contributed by atoms with E-state index in [1.165, 1.54) is 16.8 Å². The van der Waals surface area contributed by atoms with Crippen molar-refractivity contribution in [1.82, 2.24) is 9.88 Å². The third-order valence-electron chi connectivity index (χ3n) is 3.13. The fourth-order valence-corrected chi connectivity index (χ4v) is 2.04. The van der Waals surface area contributed by atoms with E-state index >= 15 is 0 Å². The molecule has 2 aromatic rings. The zero-order valence-corrected chi connectivity index (χ0v) is 11.6. The molecule has 2 rings (SSSR count). The van der Waals surface area contributed by atoms with E-state index in [2.05, 4.69) is 59.5 Å². The van der Waals surface area contributed by atoms with Crippen molar-refractivity contribution in [2.45, 2.75) is 13.5 Å². The Kier molecular flexibility index (Phi) is 4.93. The van der Waals surface area contributed by atoms with Gasteiger partial charge < -0.3 is 10.2 Å². The molecule has 0 aliphatic rings. The van der Waals surface area contributed by atoms with Crippen LogP contribution in [0, 0.1) is 6.92 Å². The van der Waals surface area contributed by atoms with Crippen molar-refractivity contribution in [3.05, 3.63) is 59.9 Å². The first-order valence-corrected chi connectivity index (χ1v) is 6.62. The van der Waals surface area contributed by atoms with Crippen molar-refractivity contribution < 1.29 is 0 Å². The molecule has 1 aromatic carbocycles. The minimum atomic E-state index is 0.934. The minimum Gasteiger partial charge on any atom is -0.384 e. The first-order chi connectivity index (χ1) is 9.25. The Bertz CT molecular complexity index is 496. The van der Waals surface area contributed by atoms with Gasteiger partial charge in [0.1, 0.15) is 0 Å². The number of anilines is 1. The second-order valence-corrected chi connectivity index (χ2v) is 4.84. The summed E-state index contributed by atoms with van der Waals surface area (Å²) in [5, 5.41) is 3.47. The summed E-state index contributed by atoms with van der Waals surface area (Å²) in [5.74, 6) is 0. The van der Waals surface area contributed by atoms with E-state index in [4.69, 9.17) is 0 Å². The Morgan fingerprint density at radius 3 is 2.74 bits per heavy atom. The summed E-state index contributed by atoms with van der Waals surface area (Å²) in [6.45, 7) is 5.01. The van der Waals surface area contributed by atoms with Gasteiger partial charge in [0.25, 0.3) is 0 Å². The van der Waals surface area contributed by atoms with Crippen molar-refractivity contribution in [3.63, 3.8) is 0 Å². The summed E-state index contributed by atoms with van der Waals surface area (Å²) in [6, 6.07) is 12.5. The van der Waals surface area contributed by atoms with Crippen LogP contribution in [-0.4, -0.2) is 30.0 Å². The summed E-state index contributed by atoms with van der Waals surface area (Å²) in [6.07, 6.45) is 3.73. The molecule has 0 unspecified atom stereocenters. The number of aryl methyl sites for hydroxylation is 1. The SMILES string of the molecule is Cc1ccccc1NCCN(C)Cc1cccnc1. The number of pyridine rings is 1. The molecule has 0 saturated carbocycles. The number of rotatable bonds is 6. The zero-order valence-electron chi connectivity index (χ0n) is 11.6. The number of aromatic nitrogens is 1. The first-order valence-electron chi connectivity index (χ1n) is 6.62. The molecule has 0 atom stereocenters. The summed E-state index contributed by atoms with van der Waals surface area (Å²) >= 11 is 0. The van der Waals surface area contributed by atoms with Gasteiger partial charge in [-0.05, 0) is 37.2 Å². The topological polar surface area (TPSA) is 28.2 Å². The van der Waals surface area contributed by atoms with Crippen LogP contribution in [0.4, 0.5) is 5.69 Å². The highest BCUT2D eigenvalue weighted by Crippen LogP contribution is 2.12. The number of benzene rings is 1. The third kappa shape index (κ3) is 4.38. The van der Waals surface area contributed by atoms with Gasteiger partial charge in [-0.3, -0.25) is 4.98 Å². The Morgan fingerprint density at radius 2 is 2.00 bits per heavy atom. The standard InChI is InChI=1S/C16H21N3/c1-14-6-3-4-8-16(14)18-10-11-19(2)13-15-7-5-9-17-12-15/h3-9,12,18H,10-11,13H2,1-2H3. The lowest BCUT2D eigenvalue weighted by Crippen LogP contribution is -2.25. The highest BCUT2D eigenvalue weighted by molar-refractivity contribution is 5.50. The van der Waals surface area contributed by atoms with E-state index in [0.717, 1.165) is 19.6 Å². The molecule has 3 heteroatoms. The third-order valence-corrected chi connectivity index (χ3v) is 3.13. The molecule has 1 heterocycles. The molecule has 0 radical (unpaired) electrons. The van der Waals surface area contributed by atoms with Gasteiger partial charge in [-0.25, -0.2) is 0 Å². The van der Waals surface area contributed by atoms with Gasteiger partial charge in [-0.2, -0.15) is 0 Å².